The summed E-state index contributed by atoms with van der Waals surface area (Å²) in [5, 5.41) is 12.7. The lowest BCUT2D eigenvalue weighted by molar-refractivity contribution is -0.137. The van der Waals surface area contributed by atoms with E-state index in [2.05, 4.69) is 21.4 Å². The minimum Gasteiger partial charge on any atom is -0.494 e. The minimum absolute atomic E-state index is 0.0389. The van der Waals surface area contributed by atoms with Crippen molar-refractivity contribution in [1.29, 1.82) is 5.26 Å². The number of ether oxygens (including phenoxy) is 1. The van der Waals surface area contributed by atoms with Crippen molar-refractivity contribution in [3.63, 3.8) is 0 Å². The Kier molecular flexibility index (Phi) is 8.19. The van der Waals surface area contributed by atoms with Crippen LogP contribution < -0.4 is 15.0 Å². The number of amides is 1. The highest BCUT2D eigenvalue weighted by Gasteiger charge is 2.35. The van der Waals surface area contributed by atoms with Crippen LogP contribution in [0.15, 0.2) is 30.3 Å². The average molecular weight is 570 g/mol. The van der Waals surface area contributed by atoms with Gasteiger partial charge in [-0.2, -0.15) is 10.2 Å². The second-order valence-electron chi connectivity index (χ2n) is 10.1. The summed E-state index contributed by atoms with van der Waals surface area (Å²) in [4.78, 5) is 28.3. The number of anilines is 3. The zero-order chi connectivity index (χ0) is 28.4. The van der Waals surface area contributed by atoms with Gasteiger partial charge >= 0.3 is 0 Å². The fourth-order valence-electron chi connectivity index (χ4n) is 5.48. The van der Waals surface area contributed by atoms with Crippen LogP contribution in [0, 0.1) is 23.0 Å². The molecule has 1 unspecified atom stereocenters. The van der Waals surface area contributed by atoms with E-state index >= 15 is 0 Å². The van der Waals surface area contributed by atoms with Gasteiger partial charge in [0.2, 0.25) is 11.9 Å². The van der Waals surface area contributed by atoms with Crippen molar-refractivity contribution in [2.75, 3.05) is 50.6 Å². The summed E-state index contributed by atoms with van der Waals surface area (Å²) in [7, 11) is 3.21. The van der Waals surface area contributed by atoms with Gasteiger partial charge in [-0.25, -0.2) is 13.8 Å². The summed E-state index contributed by atoms with van der Waals surface area (Å²) in [5.41, 5.74) is 0.580. The maximum Gasteiger partial charge on any atom is 0.239 e. The number of fused-ring (bicyclic) bond motifs is 1. The van der Waals surface area contributed by atoms with E-state index in [0.717, 1.165) is 19.4 Å². The molecule has 1 aromatic heterocycles. The van der Waals surface area contributed by atoms with Crippen molar-refractivity contribution >= 4 is 45.9 Å². The summed E-state index contributed by atoms with van der Waals surface area (Å²) in [6.45, 7) is 2.20. The molecule has 0 spiro atoms. The number of hydrogen-bond acceptors (Lipinski definition) is 8. The van der Waals surface area contributed by atoms with Crippen molar-refractivity contribution in [2.24, 2.45) is 0 Å². The number of rotatable bonds is 7. The number of piperidine rings is 1. The molecule has 40 heavy (non-hydrogen) atoms. The number of carbonyl (C=O) groups is 1. The number of methoxy groups -OCH3 is 1. The van der Waals surface area contributed by atoms with E-state index in [-0.39, 0.29) is 46.8 Å². The fourth-order valence-corrected chi connectivity index (χ4v) is 5.64. The predicted molar refractivity (Wildman–Crippen MR) is 149 cm³/mol. The van der Waals surface area contributed by atoms with Crippen molar-refractivity contribution < 1.29 is 18.3 Å². The first-order valence-electron chi connectivity index (χ1n) is 13.2. The molecule has 5 rings (SSSR count). The Labute approximate surface area is 236 Å². The summed E-state index contributed by atoms with van der Waals surface area (Å²) in [6.07, 6.45) is 3.09. The Balaban J connectivity index is 1.37. The topological polar surface area (TPSA) is 97.6 Å². The van der Waals surface area contributed by atoms with Crippen molar-refractivity contribution in [3.8, 4) is 11.8 Å². The largest absolute Gasteiger partial charge is 0.494 e. The van der Waals surface area contributed by atoms with Crippen LogP contribution in [0.25, 0.3) is 10.9 Å². The van der Waals surface area contributed by atoms with Crippen molar-refractivity contribution in [3.05, 3.63) is 47.0 Å². The van der Waals surface area contributed by atoms with Gasteiger partial charge < -0.3 is 19.9 Å². The minimum atomic E-state index is -0.588. The molecule has 0 radical (unpaired) electrons. The van der Waals surface area contributed by atoms with E-state index in [9.17, 15) is 13.6 Å². The predicted octanol–water partition coefficient (Wildman–Crippen LogP) is 4.73. The normalized spacial score (nSPS) is 18.1. The molecule has 2 aliphatic heterocycles. The number of hydrogen-bond donors (Lipinski definition) is 1. The van der Waals surface area contributed by atoms with Gasteiger partial charge in [0, 0.05) is 49.2 Å². The highest BCUT2D eigenvalue weighted by Crippen LogP contribution is 2.33. The third-order valence-electron chi connectivity index (χ3n) is 7.71. The van der Waals surface area contributed by atoms with E-state index in [4.69, 9.17) is 21.6 Å². The first kappa shape index (κ1) is 27.8. The van der Waals surface area contributed by atoms with Crippen LogP contribution in [0.1, 0.15) is 25.7 Å². The zero-order valence-corrected chi connectivity index (χ0v) is 23.1. The Morgan fingerprint density at radius 3 is 2.65 bits per heavy atom. The monoisotopic (exact) mass is 569 g/mol. The third kappa shape index (κ3) is 5.60. The standard InChI is InChI=1S/C28H30ClF2N7O2/c1-36(27(39)24-4-3-10-37(24)13-9-32)18-7-11-38(12-8-18)28-34-23-16-25(40-2)21(31)15-19(23)26(35-28)33-22-6-5-17(29)14-20(22)30/h5-6,14-16,18,24H,3-4,7-8,10-13H2,1-2H3,(H,33,34,35). The number of nitrogens with one attached hydrogen (secondary N) is 1. The smallest absolute Gasteiger partial charge is 0.239 e. The van der Waals surface area contributed by atoms with Crippen LogP contribution in [0.4, 0.5) is 26.2 Å². The molecule has 1 atom stereocenters. The molecule has 1 N–H and O–H groups in total. The Morgan fingerprint density at radius 2 is 1.95 bits per heavy atom. The summed E-state index contributed by atoms with van der Waals surface area (Å²) in [6, 6.07) is 8.94. The molecule has 2 aromatic carbocycles. The van der Waals surface area contributed by atoms with Gasteiger partial charge in [-0.15, -0.1) is 0 Å². The number of halogens is 3. The number of likely N-dealkylation sites (tertiary alicyclic amines) is 1. The Bertz CT molecular complexity index is 1460. The molecule has 2 fully saturated rings. The first-order chi connectivity index (χ1) is 19.3. The first-order valence-corrected chi connectivity index (χ1v) is 13.6. The van der Waals surface area contributed by atoms with Crippen molar-refractivity contribution in [1.82, 2.24) is 19.8 Å². The summed E-state index contributed by atoms with van der Waals surface area (Å²) >= 11 is 5.90. The molecule has 2 aliphatic rings. The molecule has 9 nitrogen and oxygen atoms in total. The van der Waals surface area contributed by atoms with E-state index in [1.807, 2.05) is 21.7 Å². The quantitative estimate of drug-likeness (QED) is 0.408. The summed E-state index contributed by atoms with van der Waals surface area (Å²) < 4.78 is 34.4. The van der Waals surface area contributed by atoms with E-state index in [1.54, 1.807) is 6.07 Å². The van der Waals surface area contributed by atoms with Gasteiger partial charge in [-0.3, -0.25) is 9.69 Å². The molecule has 3 heterocycles. The van der Waals surface area contributed by atoms with Crippen LogP contribution in [0.5, 0.6) is 5.75 Å². The van der Waals surface area contributed by atoms with Crippen LogP contribution in [0.2, 0.25) is 5.02 Å². The van der Waals surface area contributed by atoms with E-state index in [1.165, 1.54) is 31.4 Å². The molecular formula is C28H30ClF2N7O2. The zero-order valence-electron chi connectivity index (χ0n) is 22.3. The van der Waals surface area contributed by atoms with Gasteiger partial charge in [-0.1, -0.05) is 11.6 Å². The highest BCUT2D eigenvalue weighted by molar-refractivity contribution is 6.30. The fraction of sp³-hybridized carbons (Fsp3) is 0.429. The molecule has 12 heteroatoms. The lowest BCUT2D eigenvalue weighted by atomic mass is 10.0. The second-order valence-corrected chi connectivity index (χ2v) is 10.5. The van der Waals surface area contributed by atoms with Crippen LogP contribution in [-0.2, 0) is 4.79 Å². The maximum absolute atomic E-state index is 14.6. The lowest BCUT2D eigenvalue weighted by Gasteiger charge is -2.38. The average Bonchev–Trinajstić information content (AvgIpc) is 3.42. The number of aromatic nitrogens is 2. The Morgan fingerprint density at radius 1 is 1.18 bits per heavy atom. The molecule has 0 bridgehead atoms. The molecular weight excluding hydrogens is 540 g/mol. The number of likely N-dealkylation sites (N-methyl/N-ethyl adjacent to an activating group) is 1. The number of nitriles is 1. The second kappa shape index (κ2) is 11.8. The van der Waals surface area contributed by atoms with Gasteiger partial charge in [0.15, 0.2) is 11.6 Å². The van der Waals surface area contributed by atoms with Gasteiger partial charge in [0.1, 0.15) is 11.6 Å². The van der Waals surface area contributed by atoms with Gasteiger partial charge in [0.05, 0.1) is 37.0 Å². The van der Waals surface area contributed by atoms with E-state index < -0.39 is 11.6 Å². The lowest BCUT2D eigenvalue weighted by Crippen LogP contribution is -2.51. The SMILES string of the molecule is COc1cc2nc(N3CCC(N(C)C(=O)C4CCCN4CC#N)CC3)nc(Nc3ccc(Cl)cc3F)c2cc1F. The highest BCUT2D eigenvalue weighted by atomic mass is 35.5. The summed E-state index contributed by atoms with van der Waals surface area (Å²) in [5.74, 6) is -0.415. The molecule has 0 saturated carbocycles. The number of nitrogens with zero attached hydrogens (tertiary/aromatic N) is 6. The van der Waals surface area contributed by atoms with Gasteiger partial charge in [0.25, 0.3) is 0 Å². The molecule has 2 saturated heterocycles. The van der Waals surface area contributed by atoms with E-state index in [0.29, 0.717) is 42.8 Å². The molecule has 3 aromatic rings. The van der Waals surface area contributed by atoms with Crippen LogP contribution in [0.3, 0.4) is 0 Å². The number of benzene rings is 2. The molecule has 0 aliphatic carbocycles. The third-order valence-corrected chi connectivity index (χ3v) is 7.94. The molecule has 210 valence electrons. The molecule has 1 amide bonds. The van der Waals surface area contributed by atoms with Crippen LogP contribution in [-0.4, -0.2) is 78.1 Å². The van der Waals surface area contributed by atoms with Crippen molar-refractivity contribution in [2.45, 2.75) is 37.8 Å². The van der Waals surface area contributed by atoms with Gasteiger partial charge in [-0.05, 0) is 49.9 Å². The maximum atomic E-state index is 14.6. The Hall–Kier alpha value is -3.75. The van der Waals surface area contributed by atoms with Crippen LogP contribution >= 0.6 is 11.6 Å². The number of carbonyl (C=O) groups excluding carboxylic acids is 1.